The second kappa shape index (κ2) is 9.09. The molecule has 156 valence electrons. The molecule has 0 N–H and O–H groups in total. The van der Waals surface area contributed by atoms with Gasteiger partial charge < -0.3 is 13.8 Å². The first-order valence-corrected chi connectivity index (χ1v) is 10.7. The molecule has 2 aromatic carbocycles. The van der Waals surface area contributed by atoms with Crippen molar-refractivity contribution in [3.63, 3.8) is 0 Å². The Kier molecular flexibility index (Phi) is 7.03. The number of carbonyl (C=O) groups is 1. The quantitative estimate of drug-likeness (QED) is 0.236. The third kappa shape index (κ3) is 6.61. The van der Waals surface area contributed by atoms with Crippen LogP contribution in [0.4, 0.5) is 5.69 Å². The molecule has 0 amide bonds. The first-order valence-electron chi connectivity index (χ1n) is 9.00. The van der Waals surface area contributed by atoms with Gasteiger partial charge in [0.25, 0.3) is 5.69 Å². The first kappa shape index (κ1) is 22.4. The number of non-ortho nitro benzene ring substituents is 1. The van der Waals surface area contributed by atoms with E-state index in [1.807, 2.05) is 0 Å². The zero-order valence-electron chi connectivity index (χ0n) is 16.7. The summed E-state index contributed by atoms with van der Waals surface area (Å²) in [5, 5.41) is 10.8. The molecule has 0 saturated heterocycles. The fourth-order valence-corrected chi connectivity index (χ4v) is 4.59. The summed E-state index contributed by atoms with van der Waals surface area (Å²) in [6.45, 7) is 6.64. The average molecular weight is 421 g/mol. The maximum atomic E-state index is 13.6. The highest BCUT2D eigenvalue weighted by atomic mass is 31.2. The smallest absolute Gasteiger partial charge is 0.431 e. The van der Waals surface area contributed by atoms with Gasteiger partial charge in [-0.05, 0) is 52.0 Å². The van der Waals surface area contributed by atoms with Crippen LogP contribution in [0.25, 0.3) is 0 Å². The van der Waals surface area contributed by atoms with Crippen LogP contribution in [-0.4, -0.2) is 23.2 Å². The summed E-state index contributed by atoms with van der Waals surface area (Å²) in [4.78, 5) is 22.7. The van der Waals surface area contributed by atoms with E-state index < -0.39 is 23.9 Å². The topological polar surface area (TPSA) is 105 Å². The van der Waals surface area contributed by atoms with Gasteiger partial charge in [0.2, 0.25) is 0 Å². The van der Waals surface area contributed by atoms with Crippen LogP contribution >= 0.6 is 7.60 Å². The van der Waals surface area contributed by atoms with E-state index in [4.69, 9.17) is 13.8 Å². The van der Waals surface area contributed by atoms with Crippen molar-refractivity contribution in [2.24, 2.45) is 5.41 Å². The number of para-hydroxylation sites is 1. The Hall–Kier alpha value is -2.86. The average Bonchev–Trinajstić information content (AvgIpc) is 2.61. The molecule has 0 spiro atoms. The number of hydrogen-bond donors (Lipinski definition) is 0. The van der Waals surface area contributed by atoms with Crippen molar-refractivity contribution in [1.82, 2.24) is 0 Å². The van der Waals surface area contributed by atoms with Crippen LogP contribution in [0.5, 0.6) is 11.5 Å². The number of nitro groups is 1. The molecule has 0 fully saturated rings. The largest absolute Gasteiger partial charge is 0.463 e. The van der Waals surface area contributed by atoms with Gasteiger partial charge in [-0.3, -0.25) is 14.9 Å². The van der Waals surface area contributed by atoms with E-state index in [-0.39, 0.29) is 23.7 Å². The minimum atomic E-state index is -3.89. The van der Waals surface area contributed by atoms with Crippen LogP contribution in [0.1, 0.15) is 27.7 Å². The Morgan fingerprint density at radius 2 is 1.55 bits per heavy atom. The maximum Gasteiger partial charge on any atom is 0.431 e. The summed E-state index contributed by atoms with van der Waals surface area (Å²) >= 11 is 0. The van der Waals surface area contributed by atoms with Gasteiger partial charge in [-0.2, -0.15) is 0 Å². The molecule has 0 saturated carbocycles. The van der Waals surface area contributed by atoms with E-state index in [0.29, 0.717) is 5.75 Å². The van der Waals surface area contributed by atoms with Crippen molar-refractivity contribution in [2.45, 2.75) is 33.8 Å². The minimum Gasteiger partial charge on any atom is -0.463 e. The zero-order valence-corrected chi connectivity index (χ0v) is 17.6. The minimum absolute atomic E-state index is 0.128. The lowest BCUT2D eigenvalue weighted by molar-refractivity contribution is -0.384. The van der Waals surface area contributed by atoms with Gasteiger partial charge in [0, 0.05) is 12.1 Å². The van der Waals surface area contributed by atoms with Crippen LogP contribution in [0.3, 0.4) is 0 Å². The monoisotopic (exact) mass is 421 g/mol. The van der Waals surface area contributed by atoms with E-state index in [2.05, 4.69) is 0 Å². The summed E-state index contributed by atoms with van der Waals surface area (Å²) in [6, 6.07) is 13.6. The van der Waals surface area contributed by atoms with Gasteiger partial charge in [0.05, 0.1) is 22.6 Å². The van der Waals surface area contributed by atoms with Gasteiger partial charge in [0.15, 0.2) is 0 Å². The molecule has 0 bridgehead atoms. The maximum absolute atomic E-state index is 13.6. The van der Waals surface area contributed by atoms with Crippen LogP contribution in [0.15, 0.2) is 54.6 Å². The molecule has 0 aliphatic carbocycles. The molecule has 1 atom stereocenters. The molecule has 29 heavy (non-hydrogen) atoms. The lowest BCUT2D eigenvalue weighted by atomic mass is 9.97. The van der Waals surface area contributed by atoms with E-state index >= 15 is 0 Å². The Bertz CT molecular complexity index is 895. The fraction of sp³-hybridized carbons (Fsp3) is 0.350. The second-order valence-electron chi connectivity index (χ2n) is 7.35. The normalized spacial score (nSPS) is 13.4. The number of hydrogen-bond acceptors (Lipinski definition) is 7. The summed E-state index contributed by atoms with van der Waals surface area (Å²) in [7, 11) is -3.89. The molecule has 0 radical (unpaired) electrons. The predicted octanol–water partition coefficient (Wildman–Crippen LogP) is 5.22. The molecule has 9 heteroatoms. The third-order valence-electron chi connectivity index (χ3n) is 3.76. The number of esters is 1. The van der Waals surface area contributed by atoms with Crippen LogP contribution in [0.2, 0.25) is 0 Å². The van der Waals surface area contributed by atoms with Crippen LogP contribution in [0, 0.1) is 15.5 Å². The first-order chi connectivity index (χ1) is 13.5. The Labute approximate surface area is 169 Å². The van der Waals surface area contributed by atoms with Crippen molar-refractivity contribution in [1.29, 1.82) is 0 Å². The molecule has 0 aliphatic rings. The second-order valence-corrected chi connectivity index (χ2v) is 9.26. The highest BCUT2D eigenvalue weighted by molar-refractivity contribution is 7.54. The zero-order chi connectivity index (χ0) is 21.7. The molecule has 0 aliphatic heterocycles. The van der Waals surface area contributed by atoms with Crippen LogP contribution < -0.4 is 9.05 Å². The van der Waals surface area contributed by atoms with Crippen molar-refractivity contribution in [2.75, 3.05) is 6.16 Å². The number of ether oxygens (including phenoxy) is 1. The Balaban J connectivity index is 2.31. The van der Waals surface area contributed by atoms with Crippen LogP contribution in [-0.2, 0) is 14.1 Å². The molecular formula is C20H24NO7P. The molecule has 2 aromatic rings. The summed E-state index contributed by atoms with van der Waals surface area (Å²) < 4.78 is 30.1. The fourth-order valence-electron chi connectivity index (χ4n) is 2.44. The number of nitrogens with zero attached hydrogens (tertiary/aromatic N) is 1. The van der Waals surface area contributed by atoms with E-state index in [1.165, 1.54) is 24.3 Å². The molecule has 2 rings (SSSR count). The summed E-state index contributed by atoms with van der Waals surface area (Å²) in [5.41, 5.74) is -1.29. The molecule has 8 nitrogen and oxygen atoms in total. The number of carbonyl (C=O) groups excluding carboxylic acids is 1. The molecule has 1 unspecified atom stereocenters. The predicted molar refractivity (Wildman–Crippen MR) is 108 cm³/mol. The summed E-state index contributed by atoms with van der Waals surface area (Å²) in [6.07, 6.45) is -0.580. The van der Waals surface area contributed by atoms with E-state index in [1.54, 1.807) is 58.0 Å². The highest BCUT2D eigenvalue weighted by Gasteiger charge is 2.42. The van der Waals surface area contributed by atoms with E-state index in [9.17, 15) is 19.5 Å². The Morgan fingerprint density at radius 3 is 2.03 bits per heavy atom. The summed E-state index contributed by atoms with van der Waals surface area (Å²) in [5.74, 6) is -0.0923. The lowest BCUT2D eigenvalue weighted by Gasteiger charge is -2.28. The van der Waals surface area contributed by atoms with Gasteiger partial charge in [-0.1, -0.05) is 18.2 Å². The molecule has 0 heterocycles. The number of nitro benzene ring substituents is 1. The van der Waals surface area contributed by atoms with Gasteiger partial charge in [-0.15, -0.1) is 0 Å². The number of benzene rings is 2. The standard InChI is InChI=1S/C20H24NO7P/c1-15(2)26-19(22)20(3,4)14-29(25,27-17-8-6-5-7-9-17)28-18-12-10-16(11-13-18)21(23)24/h5-13,15H,14H2,1-4H3. The van der Waals surface area contributed by atoms with Crippen molar-refractivity contribution >= 4 is 19.3 Å². The lowest BCUT2D eigenvalue weighted by Crippen LogP contribution is -2.33. The third-order valence-corrected chi connectivity index (χ3v) is 5.92. The Morgan fingerprint density at radius 1 is 1.03 bits per heavy atom. The van der Waals surface area contributed by atoms with E-state index in [0.717, 1.165) is 0 Å². The highest BCUT2D eigenvalue weighted by Crippen LogP contribution is 2.52. The van der Waals surface area contributed by atoms with Crippen molar-refractivity contribution < 1.29 is 28.1 Å². The van der Waals surface area contributed by atoms with Gasteiger partial charge >= 0.3 is 13.6 Å². The molecule has 0 aromatic heterocycles. The molecular weight excluding hydrogens is 397 g/mol. The van der Waals surface area contributed by atoms with Crippen molar-refractivity contribution in [3.8, 4) is 11.5 Å². The number of rotatable bonds is 9. The van der Waals surface area contributed by atoms with Crippen molar-refractivity contribution in [3.05, 3.63) is 64.7 Å². The van der Waals surface area contributed by atoms with Gasteiger partial charge in [-0.25, -0.2) is 4.57 Å². The SMILES string of the molecule is CC(C)OC(=O)C(C)(C)CP(=O)(Oc1ccccc1)Oc1ccc([N+](=O)[O-])cc1. The van der Waals surface area contributed by atoms with Gasteiger partial charge in [0.1, 0.15) is 11.5 Å².